The van der Waals surface area contributed by atoms with Gasteiger partial charge in [0.25, 0.3) is 0 Å². The average Bonchev–Trinajstić information content (AvgIpc) is 3.06. The molecule has 0 unspecified atom stereocenters. The normalized spacial score (nSPS) is 12.9. The lowest BCUT2D eigenvalue weighted by molar-refractivity contribution is -0.119. The van der Waals surface area contributed by atoms with Gasteiger partial charge in [-0.2, -0.15) is 0 Å². The number of hydrogen-bond acceptors (Lipinski definition) is 9. The van der Waals surface area contributed by atoms with Crippen molar-refractivity contribution in [3.63, 3.8) is 0 Å². The van der Waals surface area contributed by atoms with Gasteiger partial charge in [0.05, 0.1) is 0 Å². The van der Waals surface area contributed by atoms with Gasteiger partial charge in [-0.25, -0.2) is 0 Å². The largest absolute Gasteiger partial charge is 0.530 e. The zero-order chi connectivity index (χ0) is 46.8. The van der Waals surface area contributed by atoms with Crippen molar-refractivity contribution in [3.8, 4) is 34.5 Å². The van der Waals surface area contributed by atoms with Gasteiger partial charge in [-0.1, -0.05) is 125 Å². The standard InChI is InChI=1S/C51H75O9P/c1-31(52)28-55-40-22-37(49(13,14)15)43(25-34(40)46(4,5)6)58-61(59-44-26-35(47(7,8)9)41(56-29-32(2)53)23-38(44)50(16,17)18)60-45-27-36(48(10,11)12)42(57-30-33(3)54)24-39(45)51(19,20)21/h22-27H,28-30H2,1-21H3. The maximum Gasteiger partial charge on any atom is 0.530 e. The van der Waals surface area contributed by atoms with Crippen molar-refractivity contribution in [2.24, 2.45) is 0 Å². The molecule has 0 aliphatic heterocycles. The van der Waals surface area contributed by atoms with E-state index in [1.165, 1.54) is 20.8 Å². The third-order valence-corrected chi connectivity index (χ3v) is 10.9. The monoisotopic (exact) mass is 863 g/mol. The van der Waals surface area contributed by atoms with E-state index in [9.17, 15) is 14.4 Å². The van der Waals surface area contributed by atoms with Crippen LogP contribution in [-0.2, 0) is 46.9 Å². The minimum atomic E-state index is -2.29. The molecule has 0 aliphatic carbocycles. The Morgan fingerprint density at radius 2 is 0.508 bits per heavy atom. The Kier molecular flexibility index (Phi) is 15.7. The molecule has 0 bridgehead atoms. The predicted molar refractivity (Wildman–Crippen MR) is 249 cm³/mol. The molecule has 0 aliphatic rings. The number of ether oxygens (including phenoxy) is 3. The van der Waals surface area contributed by atoms with Crippen LogP contribution in [0.4, 0.5) is 0 Å². The number of hydrogen-bond donors (Lipinski definition) is 0. The first kappa shape index (κ1) is 51.3. The summed E-state index contributed by atoms with van der Waals surface area (Å²) in [4.78, 5) is 36.4. The van der Waals surface area contributed by atoms with Crippen molar-refractivity contribution in [1.82, 2.24) is 0 Å². The van der Waals surface area contributed by atoms with Gasteiger partial charge in [0.2, 0.25) is 0 Å². The predicted octanol–water partition coefficient (Wildman–Crippen LogP) is 13.1. The Bertz CT molecular complexity index is 1840. The minimum absolute atomic E-state index is 0.0541. The van der Waals surface area contributed by atoms with Gasteiger partial charge in [-0.05, 0) is 89.7 Å². The van der Waals surface area contributed by atoms with Gasteiger partial charge in [0.1, 0.15) is 54.3 Å². The fraction of sp³-hybridized carbons (Fsp3) is 0.588. The molecule has 0 atom stereocenters. The summed E-state index contributed by atoms with van der Waals surface area (Å²) in [5, 5.41) is 0. The highest BCUT2D eigenvalue weighted by Gasteiger charge is 2.36. The van der Waals surface area contributed by atoms with Crippen molar-refractivity contribution in [2.75, 3.05) is 19.8 Å². The molecule has 3 aromatic rings. The molecular formula is C51H75O9P. The molecule has 0 saturated heterocycles. The molecule has 3 rings (SSSR count). The minimum Gasteiger partial charge on any atom is -0.486 e. The van der Waals surface area contributed by atoms with E-state index < -0.39 is 41.1 Å². The lowest BCUT2D eigenvalue weighted by atomic mass is 9.81. The SMILES string of the molecule is CC(=O)COc1cc(C(C)(C)C)c(OP(Oc2cc(C(C)(C)C)c(OCC(C)=O)cc2C(C)(C)C)Oc2cc(C(C)(C)C)c(OCC(C)=O)cc2C(C)(C)C)cc1C(C)(C)C. The summed E-state index contributed by atoms with van der Waals surface area (Å²) < 4.78 is 40.0. The number of benzene rings is 3. The molecule has 0 amide bonds. The summed E-state index contributed by atoms with van der Waals surface area (Å²) in [6.07, 6.45) is 0. The van der Waals surface area contributed by atoms with Crippen LogP contribution in [0.5, 0.6) is 34.5 Å². The first-order chi connectivity index (χ1) is 27.5. The third-order valence-electron chi connectivity index (χ3n) is 9.90. The smallest absolute Gasteiger partial charge is 0.486 e. The van der Waals surface area contributed by atoms with Crippen molar-refractivity contribution >= 4 is 26.0 Å². The van der Waals surface area contributed by atoms with Crippen LogP contribution in [0, 0.1) is 0 Å². The number of rotatable bonds is 15. The van der Waals surface area contributed by atoms with Gasteiger partial charge in [-0.15, -0.1) is 0 Å². The lowest BCUT2D eigenvalue weighted by Gasteiger charge is -2.33. The fourth-order valence-electron chi connectivity index (χ4n) is 6.62. The molecule has 0 N–H and O–H groups in total. The van der Waals surface area contributed by atoms with Crippen molar-refractivity contribution in [1.29, 1.82) is 0 Å². The van der Waals surface area contributed by atoms with Crippen LogP contribution in [0.15, 0.2) is 36.4 Å². The molecule has 0 aromatic heterocycles. The maximum absolute atomic E-state index is 12.1. The van der Waals surface area contributed by atoms with E-state index >= 15 is 0 Å². The second-order valence-corrected chi connectivity index (χ2v) is 23.5. The lowest BCUT2D eigenvalue weighted by Crippen LogP contribution is -2.21. The van der Waals surface area contributed by atoms with Crippen molar-refractivity contribution < 1.29 is 42.2 Å². The Hall–Kier alpha value is -4.10. The highest BCUT2D eigenvalue weighted by molar-refractivity contribution is 7.43. The first-order valence-electron chi connectivity index (χ1n) is 21.3. The number of carbonyl (C=O) groups is 3. The van der Waals surface area contributed by atoms with E-state index in [2.05, 4.69) is 125 Å². The zero-order valence-corrected chi connectivity index (χ0v) is 42.1. The van der Waals surface area contributed by atoms with E-state index in [1.54, 1.807) is 0 Å². The van der Waals surface area contributed by atoms with Crippen LogP contribution in [0.2, 0.25) is 0 Å². The van der Waals surface area contributed by atoms with Gasteiger partial charge in [0, 0.05) is 33.4 Å². The maximum atomic E-state index is 12.1. The van der Waals surface area contributed by atoms with Crippen LogP contribution in [0.3, 0.4) is 0 Å². The molecule has 0 radical (unpaired) electrons. The number of ketones is 3. The number of Topliss-reactive ketones (excluding diaryl/α,β-unsaturated/α-hetero) is 3. The third kappa shape index (κ3) is 14.2. The van der Waals surface area contributed by atoms with E-state index in [0.717, 1.165) is 33.4 Å². The molecule has 0 heterocycles. The molecule has 61 heavy (non-hydrogen) atoms. The van der Waals surface area contributed by atoms with E-state index in [4.69, 9.17) is 27.8 Å². The van der Waals surface area contributed by atoms with Crippen molar-refractivity contribution in [2.45, 2.75) is 178 Å². The summed E-state index contributed by atoms with van der Waals surface area (Å²) in [5.74, 6) is 3.29. The Labute approximate surface area is 369 Å². The van der Waals surface area contributed by atoms with Crippen molar-refractivity contribution in [3.05, 3.63) is 69.8 Å². The molecule has 10 heteroatoms. The molecule has 0 saturated carbocycles. The highest BCUT2D eigenvalue weighted by Crippen LogP contribution is 2.53. The number of carbonyl (C=O) groups excluding carboxylic acids is 3. The Morgan fingerprint density at radius 1 is 0.344 bits per heavy atom. The Morgan fingerprint density at radius 3 is 0.672 bits per heavy atom. The zero-order valence-electron chi connectivity index (χ0n) is 41.2. The molecule has 0 fully saturated rings. The second kappa shape index (κ2) is 18.7. The molecule has 3 aromatic carbocycles. The average molecular weight is 863 g/mol. The topological polar surface area (TPSA) is 107 Å². The van der Waals surface area contributed by atoms with E-state index in [1.807, 2.05) is 36.4 Å². The summed E-state index contributed by atoms with van der Waals surface area (Å²) in [6, 6.07) is 11.9. The molecule has 9 nitrogen and oxygen atoms in total. The van der Waals surface area contributed by atoms with Gasteiger partial charge in [0.15, 0.2) is 17.3 Å². The van der Waals surface area contributed by atoms with Crippen LogP contribution < -0.4 is 27.8 Å². The van der Waals surface area contributed by atoms with E-state index in [0.29, 0.717) is 34.5 Å². The van der Waals surface area contributed by atoms with Gasteiger partial charge in [-0.3, -0.25) is 14.4 Å². The summed E-state index contributed by atoms with van der Waals surface area (Å²) >= 11 is 0. The fourth-order valence-corrected chi connectivity index (χ4v) is 7.66. The van der Waals surface area contributed by atoms with Gasteiger partial charge >= 0.3 is 8.60 Å². The molecule has 0 spiro atoms. The first-order valence-corrected chi connectivity index (χ1v) is 22.4. The quantitative estimate of drug-likeness (QED) is 0.138. The van der Waals surface area contributed by atoms with Gasteiger partial charge < -0.3 is 27.8 Å². The highest BCUT2D eigenvalue weighted by atomic mass is 31.2. The summed E-state index contributed by atoms with van der Waals surface area (Å²) in [5.41, 5.74) is 2.65. The van der Waals surface area contributed by atoms with Crippen LogP contribution in [0.1, 0.15) is 179 Å². The van der Waals surface area contributed by atoms with E-state index in [-0.39, 0.29) is 37.2 Å². The summed E-state index contributed by atoms with van der Waals surface area (Å²) in [7, 11) is -2.29. The molecule has 338 valence electrons. The second-order valence-electron chi connectivity index (χ2n) is 22.5. The van der Waals surface area contributed by atoms with Crippen LogP contribution >= 0.6 is 8.60 Å². The van der Waals surface area contributed by atoms with Crippen LogP contribution in [-0.4, -0.2) is 37.2 Å². The summed E-state index contributed by atoms with van der Waals surface area (Å²) in [6.45, 7) is 42.2. The molecular weight excluding hydrogens is 788 g/mol. The van der Waals surface area contributed by atoms with Crippen LogP contribution in [0.25, 0.3) is 0 Å². The Balaban J connectivity index is 2.51.